The van der Waals surface area contributed by atoms with Crippen molar-refractivity contribution in [2.45, 2.75) is 295 Å². The quantitative estimate of drug-likeness (QED) is 0.0366. The molecule has 0 spiro atoms. The van der Waals surface area contributed by atoms with Gasteiger partial charge in [0.15, 0.2) is 0 Å². The van der Waals surface area contributed by atoms with Crippen LogP contribution in [0, 0.1) is 0 Å². The summed E-state index contributed by atoms with van der Waals surface area (Å²) in [5.74, 6) is -0.310. The maximum atomic E-state index is 12.5. The van der Waals surface area contributed by atoms with E-state index in [1.165, 1.54) is 225 Å². The number of hydrogen-bond acceptors (Lipinski definition) is 4. The summed E-state index contributed by atoms with van der Waals surface area (Å²) in [5, 5.41) is 33.3. The number of unbranched alkanes of at least 4 members (excludes halogenated alkanes) is 37. The standard InChI is InChI=1S/C50H99NO4/c1-3-5-7-9-11-13-15-17-19-21-22-23-24-25-26-28-29-31-33-35-37-39-41-43-47(53)45-50(55)51-48(46-52)49(54)44-42-40-38-36-34-32-30-27-20-18-16-14-12-10-8-6-4-2/h42,44,47-49,52-54H,3-41,43,45-46H2,1-2H3,(H,51,55)/b44-42+. The first-order valence-corrected chi connectivity index (χ1v) is 25.0. The Bertz CT molecular complexity index is 773. The van der Waals surface area contributed by atoms with Crippen LogP contribution in [-0.2, 0) is 4.79 Å². The minimum absolute atomic E-state index is 0.0192. The molecule has 0 saturated carbocycles. The van der Waals surface area contributed by atoms with E-state index >= 15 is 0 Å². The maximum Gasteiger partial charge on any atom is 0.222 e. The molecular weight excluding hydrogens is 679 g/mol. The minimum Gasteiger partial charge on any atom is -0.394 e. The third kappa shape index (κ3) is 42.5. The number of aliphatic hydroxyl groups excluding tert-OH is 3. The zero-order chi connectivity index (χ0) is 40.1. The predicted octanol–water partition coefficient (Wildman–Crippen LogP) is 14.8. The second-order valence-electron chi connectivity index (χ2n) is 17.4. The Morgan fingerprint density at radius 3 is 1.05 bits per heavy atom. The van der Waals surface area contributed by atoms with Gasteiger partial charge in [0, 0.05) is 0 Å². The van der Waals surface area contributed by atoms with Gasteiger partial charge < -0.3 is 20.6 Å². The lowest BCUT2D eigenvalue weighted by Gasteiger charge is -2.21. The van der Waals surface area contributed by atoms with Crippen LogP contribution in [0.15, 0.2) is 12.2 Å². The first-order valence-electron chi connectivity index (χ1n) is 25.0. The molecule has 0 aliphatic carbocycles. The largest absolute Gasteiger partial charge is 0.394 e. The van der Waals surface area contributed by atoms with Gasteiger partial charge >= 0.3 is 0 Å². The zero-order valence-electron chi connectivity index (χ0n) is 37.3. The predicted molar refractivity (Wildman–Crippen MR) is 241 cm³/mol. The summed E-state index contributed by atoms with van der Waals surface area (Å²) < 4.78 is 0. The van der Waals surface area contributed by atoms with E-state index in [0.29, 0.717) is 6.42 Å². The van der Waals surface area contributed by atoms with Crippen LogP contribution in [0.2, 0.25) is 0 Å². The van der Waals surface area contributed by atoms with Crippen molar-refractivity contribution >= 4 is 5.91 Å². The van der Waals surface area contributed by atoms with E-state index in [2.05, 4.69) is 19.2 Å². The molecule has 0 saturated heterocycles. The van der Waals surface area contributed by atoms with Gasteiger partial charge in [0.1, 0.15) is 0 Å². The van der Waals surface area contributed by atoms with Gasteiger partial charge in [-0.25, -0.2) is 0 Å². The topological polar surface area (TPSA) is 89.8 Å². The van der Waals surface area contributed by atoms with E-state index in [0.717, 1.165) is 25.7 Å². The second-order valence-corrected chi connectivity index (χ2v) is 17.4. The fraction of sp³-hybridized carbons (Fsp3) is 0.940. The zero-order valence-corrected chi connectivity index (χ0v) is 37.3. The summed E-state index contributed by atoms with van der Waals surface area (Å²) in [6, 6.07) is -0.740. The van der Waals surface area contributed by atoms with Gasteiger partial charge in [-0.1, -0.05) is 264 Å². The van der Waals surface area contributed by atoms with E-state index in [4.69, 9.17) is 0 Å². The molecule has 55 heavy (non-hydrogen) atoms. The summed E-state index contributed by atoms with van der Waals surface area (Å²) >= 11 is 0. The monoisotopic (exact) mass is 778 g/mol. The van der Waals surface area contributed by atoms with Crippen molar-refractivity contribution in [1.29, 1.82) is 0 Å². The van der Waals surface area contributed by atoms with Crippen molar-refractivity contribution in [2.75, 3.05) is 6.61 Å². The first-order chi connectivity index (χ1) is 27.0. The van der Waals surface area contributed by atoms with Crippen molar-refractivity contribution in [3.63, 3.8) is 0 Å². The van der Waals surface area contributed by atoms with Crippen molar-refractivity contribution in [3.8, 4) is 0 Å². The van der Waals surface area contributed by atoms with E-state index in [-0.39, 0.29) is 18.9 Å². The van der Waals surface area contributed by atoms with Crippen LogP contribution in [0.4, 0.5) is 0 Å². The molecule has 0 aromatic carbocycles. The van der Waals surface area contributed by atoms with Crippen molar-refractivity contribution in [3.05, 3.63) is 12.2 Å². The number of carbonyl (C=O) groups excluding carboxylic acids is 1. The molecule has 3 unspecified atom stereocenters. The summed E-state index contributed by atoms with van der Waals surface area (Å²) in [7, 11) is 0. The van der Waals surface area contributed by atoms with Crippen LogP contribution in [0.25, 0.3) is 0 Å². The van der Waals surface area contributed by atoms with E-state index in [9.17, 15) is 20.1 Å². The molecule has 5 nitrogen and oxygen atoms in total. The highest BCUT2D eigenvalue weighted by Crippen LogP contribution is 2.17. The van der Waals surface area contributed by atoms with Crippen LogP contribution < -0.4 is 5.32 Å². The van der Waals surface area contributed by atoms with Crippen LogP contribution in [0.1, 0.15) is 277 Å². The Morgan fingerprint density at radius 1 is 0.455 bits per heavy atom. The molecule has 0 radical (unpaired) electrons. The number of rotatable bonds is 46. The highest BCUT2D eigenvalue weighted by Gasteiger charge is 2.20. The highest BCUT2D eigenvalue weighted by molar-refractivity contribution is 5.76. The van der Waals surface area contributed by atoms with Crippen molar-refractivity contribution in [2.24, 2.45) is 0 Å². The van der Waals surface area contributed by atoms with Crippen LogP contribution >= 0.6 is 0 Å². The van der Waals surface area contributed by atoms with Crippen molar-refractivity contribution in [1.82, 2.24) is 5.32 Å². The fourth-order valence-electron chi connectivity index (χ4n) is 7.99. The van der Waals surface area contributed by atoms with Crippen LogP contribution in [-0.4, -0.2) is 46.1 Å². The minimum atomic E-state index is -0.925. The molecule has 0 bridgehead atoms. The SMILES string of the molecule is CCCCCCCCCCCCCCCCC/C=C/C(O)C(CO)NC(=O)CC(O)CCCCCCCCCCCCCCCCCCCCCCCCC. The van der Waals surface area contributed by atoms with Crippen molar-refractivity contribution < 1.29 is 20.1 Å². The molecule has 0 aromatic rings. The van der Waals surface area contributed by atoms with Crippen LogP contribution in [0.5, 0.6) is 0 Å². The van der Waals surface area contributed by atoms with Crippen LogP contribution in [0.3, 0.4) is 0 Å². The third-order valence-electron chi connectivity index (χ3n) is 11.8. The normalized spacial score (nSPS) is 13.5. The lowest BCUT2D eigenvalue weighted by molar-refractivity contribution is -0.124. The molecular formula is C50H99NO4. The Hall–Kier alpha value is -0.910. The van der Waals surface area contributed by atoms with Gasteiger partial charge in [-0.3, -0.25) is 4.79 Å². The molecule has 0 aromatic heterocycles. The van der Waals surface area contributed by atoms with Gasteiger partial charge in [-0.05, 0) is 19.3 Å². The maximum absolute atomic E-state index is 12.5. The number of carbonyl (C=O) groups is 1. The second kappa shape index (κ2) is 45.8. The molecule has 0 fully saturated rings. The van der Waals surface area contributed by atoms with Gasteiger partial charge in [-0.15, -0.1) is 0 Å². The lowest BCUT2D eigenvalue weighted by atomic mass is 10.0. The molecule has 4 N–H and O–H groups in total. The molecule has 0 aliphatic rings. The Balaban J connectivity index is 3.57. The number of amides is 1. The van der Waals surface area contributed by atoms with E-state index in [1.807, 2.05) is 6.08 Å². The van der Waals surface area contributed by atoms with E-state index < -0.39 is 18.2 Å². The molecule has 0 aliphatic heterocycles. The smallest absolute Gasteiger partial charge is 0.222 e. The molecule has 1 amide bonds. The molecule has 0 heterocycles. The fourth-order valence-corrected chi connectivity index (χ4v) is 7.99. The number of hydrogen-bond donors (Lipinski definition) is 4. The molecule has 0 rings (SSSR count). The number of nitrogens with one attached hydrogen (secondary N) is 1. The molecule has 5 heteroatoms. The molecule has 3 atom stereocenters. The summed E-state index contributed by atoms with van der Waals surface area (Å²) in [6.07, 6.45) is 55.2. The Morgan fingerprint density at radius 2 is 0.745 bits per heavy atom. The Kier molecular flexibility index (Phi) is 45.0. The average Bonchev–Trinajstić information content (AvgIpc) is 3.18. The Labute approximate surface area is 344 Å². The molecule has 328 valence electrons. The van der Waals surface area contributed by atoms with Gasteiger partial charge in [0.2, 0.25) is 5.91 Å². The highest BCUT2D eigenvalue weighted by atomic mass is 16.3. The summed E-state index contributed by atoms with van der Waals surface area (Å²) in [6.45, 7) is 4.24. The summed E-state index contributed by atoms with van der Waals surface area (Å²) in [4.78, 5) is 12.5. The number of aliphatic hydroxyl groups is 3. The van der Waals surface area contributed by atoms with Gasteiger partial charge in [0.25, 0.3) is 0 Å². The third-order valence-corrected chi connectivity index (χ3v) is 11.8. The first kappa shape index (κ1) is 54.1. The summed E-state index contributed by atoms with van der Waals surface area (Å²) in [5.41, 5.74) is 0. The van der Waals surface area contributed by atoms with Gasteiger partial charge in [0.05, 0.1) is 31.3 Å². The average molecular weight is 778 g/mol. The van der Waals surface area contributed by atoms with E-state index in [1.54, 1.807) is 6.08 Å². The van der Waals surface area contributed by atoms with Gasteiger partial charge in [-0.2, -0.15) is 0 Å². The lowest BCUT2D eigenvalue weighted by Crippen LogP contribution is -2.45. The number of allylic oxidation sites excluding steroid dienone is 1.